The standard InChI is InChI=1S/C20H16N4O2/c25-20(16-8-9-18(22-13-16)24-11-10-21-14-24)23-19(17-7-4-12-26-17)15-5-2-1-3-6-15/h1-14,19H,(H,23,25). The molecule has 0 saturated heterocycles. The summed E-state index contributed by atoms with van der Waals surface area (Å²) >= 11 is 0. The minimum Gasteiger partial charge on any atom is -0.467 e. The van der Waals surface area contributed by atoms with E-state index >= 15 is 0 Å². The van der Waals surface area contributed by atoms with Crippen molar-refractivity contribution in [2.24, 2.45) is 0 Å². The number of rotatable bonds is 5. The molecule has 0 aliphatic rings. The first-order chi connectivity index (χ1) is 12.8. The van der Waals surface area contributed by atoms with Gasteiger partial charge in [-0.1, -0.05) is 30.3 Å². The molecular formula is C20H16N4O2. The molecule has 1 aromatic carbocycles. The lowest BCUT2D eigenvalue weighted by atomic mass is 10.0. The number of nitrogens with zero attached hydrogens (tertiary/aromatic N) is 3. The Bertz CT molecular complexity index is 963. The predicted octanol–water partition coefficient (Wildman–Crippen LogP) is 3.38. The van der Waals surface area contributed by atoms with E-state index in [1.807, 2.05) is 36.4 Å². The number of hydrogen-bond donors (Lipinski definition) is 1. The topological polar surface area (TPSA) is 73.0 Å². The predicted molar refractivity (Wildman–Crippen MR) is 95.8 cm³/mol. The maximum Gasteiger partial charge on any atom is 0.253 e. The molecule has 0 spiro atoms. The first-order valence-electron chi connectivity index (χ1n) is 8.15. The van der Waals surface area contributed by atoms with Gasteiger partial charge in [-0.25, -0.2) is 9.97 Å². The van der Waals surface area contributed by atoms with Crippen LogP contribution in [0.25, 0.3) is 5.82 Å². The number of carbonyl (C=O) groups excluding carboxylic acids is 1. The van der Waals surface area contributed by atoms with Gasteiger partial charge in [0.15, 0.2) is 0 Å². The van der Waals surface area contributed by atoms with Crippen LogP contribution in [0.15, 0.2) is 90.2 Å². The van der Waals surface area contributed by atoms with Crippen molar-refractivity contribution in [3.63, 3.8) is 0 Å². The van der Waals surface area contributed by atoms with E-state index in [9.17, 15) is 4.79 Å². The highest BCUT2D eigenvalue weighted by Crippen LogP contribution is 2.23. The number of furan rings is 1. The lowest BCUT2D eigenvalue weighted by Crippen LogP contribution is -2.29. The van der Waals surface area contributed by atoms with Crippen molar-refractivity contribution >= 4 is 5.91 Å². The number of benzene rings is 1. The Labute approximate surface area is 150 Å². The smallest absolute Gasteiger partial charge is 0.253 e. The summed E-state index contributed by atoms with van der Waals surface area (Å²) in [5.41, 5.74) is 1.42. The Morgan fingerprint density at radius 3 is 2.62 bits per heavy atom. The van der Waals surface area contributed by atoms with Gasteiger partial charge in [0, 0.05) is 18.6 Å². The highest BCUT2D eigenvalue weighted by molar-refractivity contribution is 5.94. The van der Waals surface area contributed by atoms with Gasteiger partial charge in [-0.15, -0.1) is 0 Å². The minimum atomic E-state index is -0.368. The number of pyridine rings is 1. The van der Waals surface area contributed by atoms with Crippen molar-refractivity contribution in [2.45, 2.75) is 6.04 Å². The van der Waals surface area contributed by atoms with Crippen LogP contribution in [0.1, 0.15) is 27.7 Å². The van der Waals surface area contributed by atoms with Crippen molar-refractivity contribution < 1.29 is 9.21 Å². The van der Waals surface area contributed by atoms with Crippen molar-refractivity contribution in [1.82, 2.24) is 19.9 Å². The van der Waals surface area contributed by atoms with Gasteiger partial charge in [0.05, 0.1) is 11.8 Å². The normalized spacial score (nSPS) is 11.8. The van der Waals surface area contributed by atoms with Gasteiger partial charge < -0.3 is 9.73 Å². The molecule has 4 rings (SSSR count). The van der Waals surface area contributed by atoms with Crippen molar-refractivity contribution in [2.75, 3.05) is 0 Å². The highest BCUT2D eigenvalue weighted by Gasteiger charge is 2.20. The highest BCUT2D eigenvalue weighted by atomic mass is 16.3. The molecule has 1 unspecified atom stereocenters. The molecule has 1 atom stereocenters. The maximum atomic E-state index is 12.7. The van der Waals surface area contributed by atoms with E-state index in [4.69, 9.17) is 4.42 Å². The fraction of sp³-hybridized carbons (Fsp3) is 0.0500. The van der Waals surface area contributed by atoms with Crippen LogP contribution in [0, 0.1) is 0 Å². The molecule has 0 bridgehead atoms. The van der Waals surface area contributed by atoms with Crippen LogP contribution in [-0.4, -0.2) is 20.4 Å². The van der Waals surface area contributed by atoms with E-state index in [0.29, 0.717) is 17.1 Å². The van der Waals surface area contributed by atoms with E-state index in [1.54, 1.807) is 53.9 Å². The van der Waals surface area contributed by atoms with E-state index in [1.165, 1.54) is 0 Å². The number of imidazole rings is 1. The molecule has 4 aromatic rings. The van der Waals surface area contributed by atoms with Crippen LogP contribution < -0.4 is 5.32 Å². The summed E-state index contributed by atoms with van der Waals surface area (Å²) in [7, 11) is 0. The molecule has 1 amide bonds. The van der Waals surface area contributed by atoms with Crippen LogP contribution in [-0.2, 0) is 0 Å². The molecule has 1 N–H and O–H groups in total. The van der Waals surface area contributed by atoms with Crippen LogP contribution in [0.4, 0.5) is 0 Å². The monoisotopic (exact) mass is 344 g/mol. The van der Waals surface area contributed by atoms with Crippen LogP contribution >= 0.6 is 0 Å². The van der Waals surface area contributed by atoms with Crippen molar-refractivity contribution in [3.05, 3.63) is 103 Å². The molecule has 0 saturated carbocycles. The maximum absolute atomic E-state index is 12.7. The summed E-state index contributed by atoms with van der Waals surface area (Å²) in [6, 6.07) is 16.5. The second kappa shape index (κ2) is 7.06. The molecule has 0 aliphatic carbocycles. The molecule has 3 aromatic heterocycles. The molecule has 3 heterocycles. The van der Waals surface area contributed by atoms with Gasteiger partial charge in [-0.3, -0.25) is 9.36 Å². The fourth-order valence-corrected chi connectivity index (χ4v) is 2.70. The molecule has 0 radical (unpaired) electrons. The Kier molecular flexibility index (Phi) is 4.30. The Morgan fingerprint density at radius 1 is 1.08 bits per heavy atom. The first-order valence-corrected chi connectivity index (χ1v) is 8.15. The van der Waals surface area contributed by atoms with Gasteiger partial charge in [-0.2, -0.15) is 0 Å². The van der Waals surface area contributed by atoms with Crippen LogP contribution in [0.5, 0.6) is 0 Å². The van der Waals surface area contributed by atoms with Crippen LogP contribution in [0.3, 0.4) is 0 Å². The summed E-state index contributed by atoms with van der Waals surface area (Å²) in [4.78, 5) is 21.0. The largest absolute Gasteiger partial charge is 0.467 e. The SMILES string of the molecule is O=C(NC(c1ccccc1)c1ccco1)c1ccc(-n2ccnc2)nc1. The zero-order valence-electron chi connectivity index (χ0n) is 13.8. The van der Waals surface area contributed by atoms with Gasteiger partial charge >= 0.3 is 0 Å². The number of hydrogen-bond acceptors (Lipinski definition) is 4. The van der Waals surface area contributed by atoms with Crippen LogP contribution in [0.2, 0.25) is 0 Å². The molecule has 26 heavy (non-hydrogen) atoms. The molecule has 0 fully saturated rings. The Hall–Kier alpha value is -3.67. The lowest BCUT2D eigenvalue weighted by Gasteiger charge is -2.17. The van der Waals surface area contributed by atoms with Gasteiger partial charge in [0.1, 0.15) is 23.9 Å². The summed E-state index contributed by atoms with van der Waals surface area (Å²) in [6.45, 7) is 0. The molecule has 6 nitrogen and oxygen atoms in total. The molecule has 0 aliphatic heterocycles. The van der Waals surface area contributed by atoms with Gasteiger partial charge in [0.25, 0.3) is 5.91 Å². The van der Waals surface area contributed by atoms with E-state index in [-0.39, 0.29) is 11.9 Å². The van der Waals surface area contributed by atoms with Crippen molar-refractivity contribution in [1.29, 1.82) is 0 Å². The third kappa shape index (κ3) is 3.25. The third-order valence-electron chi connectivity index (χ3n) is 4.02. The third-order valence-corrected chi connectivity index (χ3v) is 4.02. The average molecular weight is 344 g/mol. The fourth-order valence-electron chi connectivity index (χ4n) is 2.70. The zero-order valence-corrected chi connectivity index (χ0v) is 13.8. The number of carbonyl (C=O) groups is 1. The second-order valence-electron chi connectivity index (χ2n) is 5.71. The Balaban J connectivity index is 1.57. The number of nitrogens with one attached hydrogen (secondary N) is 1. The molecular weight excluding hydrogens is 328 g/mol. The number of aromatic nitrogens is 3. The van der Waals surface area contributed by atoms with Gasteiger partial charge in [-0.05, 0) is 29.8 Å². The summed E-state index contributed by atoms with van der Waals surface area (Å²) in [5, 5.41) is 3.01. The summed E-state index contributed by atoms with van der Waals surface area (Å²) in [6.07, 6.45) is 8.28. The van der Waals surface area contributed by atoms with E-state index < -0.39 is 0 Å². The lowest BCUT2D eigenvalue weighted by molar-refractivity contribution is 0.0938. The Morgan fingerprint density at radius 2 is 1.96 bits per heavy atom. The average Bonchev–Trinajstić information content (AvgIpc) is 3.41. The van der Waals surface area contributed by atoms with E-state index in [0.717, 1.165) is 5.56 Å². The molecule has 128 valence electrons. The summed E-state index contributed by atoms with van der Waals surface area (Å²) < 4.78 is 7.29. The summed E-state index contributed by atoms with van der Waals surface area (Å²) in [5.74, 6) is 1.15. The zero-order chi connectivity index (χ0) is 17.8. The van der Waals surface area contributed by atoms with E-state index in [2.05, 4.69) is 15.3 Å². The number of amides is 1. The minimum absolute atomic E-state index is 0.222. The quantitative estimate of drug-likeness (QED) is 0.602. The first kappa shape index (κ1) is 15.8. The second-order valence-corrected chi connectivity index (χ2v) is 5.71. The molecule has 6 heteroatoms. The van der Waals surface area contributed by atoms with Crippen molar-refractivity contribution in [3.8, 4) is 5.82 Å². The van der Waals surface area contributed by atoms with Gasteiger partial charge in [0.2, 0.25) is 0 Å².